The van der Waals surface area contributed by atoms with Crippen molar-refractivity contribution >= 4 is 11.7 Å². The molecule has 1 aliphatic rings. The molecule has 0 aromatic heterocycles. The first kappa shape index (κ1) is 12.9. The normalized spacial score (nSPS) is 21.6. The topological polar surface area (TPSA) is 38.3 Å². The highest BCUT2D eigenvalue weighted by Crippen LogP contribution is 2.39. The van der Waals surface area contributed by atoms with E-state index in [-0.39, 0.29) is 5.97 Å². The SMILES string of the molecule is COC(=O)c1cccc(NC2CCCC2(C)C)c1. The van der Waals surface area contributed by atoms with E-state index in [0.29, 0.717) is 17.0 Å². The van der Waals surface area contributed by atoms with E-state index in [2.05, 4.69) is 19.2 Å². The van der Waals surface area contributed by atoms with E-state index in [9.17, 15) is 4.79 Å². The molecule has 1 fully saturated rings. The van der Waals surface area contributed by atoms with E-state index < -0.39 is 0 Å². The second-order valence-electron chi connectivity index (χ2n) is 5.65. The Morgan fingerprint density at radius 2 is 2.22 bits per heavy atom. The highest BCUT2D eigenvalue weighted by molar-refractivity contribution is 5.90. The van der Waals surface area contributed by atoms with Crippen LogP contribution in [0.1, 0.15) is 43.5 Å². The smallest absolute Gasteiger partial charge is 0.337 e. The molecule has 0 radical (unpaired) electrons. The van der Waals surface area contributed by atoms with Crippen LogP contribution in [-0.2, 0) is 4.74 Å². The molecular weight excluding hydrogens is 226 g/mol. The van der Waals surface area contributed by atoms with Gasteiger partial charge in [0.15, 0.2) is 0 Å². The first-order valence-corrected chi connectivity index (χ1v) is 6.48. The molecule has 1 unspecified atom stereocenters. The van der Waals surface area contributed by atoms with Gasteiger partial charge in [0.25, 0.3) is 0 Å². The van der Waals surface area contributed by atoms with Gasteiger partial charge in [-0.1, -0.05) is 26.3 Å². The van der Waals surface area contributed by atoms with E-state index in [1.54, 1.807) is 6.07 Å². The summed E-state index contributed by atoms with van der Waals surface area (Å²) in [6, 6.07) is 8.00. The van der Waals surface area contributed by atoms with E-state index in [4.69, 9.17) is 4.74 Å². The standard InChI is InChI=1S/C15H21NO2/c1-15(2)9-5-8-13(15)16-12-7-4-6-11(10-12)14(17)18-3/h4,6-7,10,13,16H,5,8-9H2,1-3H3. The Bertz CT molecular complexity index is 440. The lowest BCUT2D eigenvalue weighted by atomic mass is 9.87. The van der Waals surface area contributed by atoms with Gasteiger partial charge in [-0.25, -0.2) is 4.79 Å². The summed E-state index contributed by atoms with van der Waals surface area (Å²) in [6.45, 7) is 4.59. The Balaban J connectivity index is 2.12. The predicted octanol–water partition coefficient (Wildman–Crippen LogP) is 3.46. The van der Waals surface area contributed by atoms with Gasteiger partial charge in [0, 0.05) is 11.7 Å². The van der Waals surface area contributed by atoms with E-state index in [1.165, 1.54) is 26.4 Å². The van der Waals surface area contributed by atoms with Crippen LogP contribution in [0.15, 0.2) is 24.3 Å². The summed E-state index contributed by atoms with van der Waals surface area (Å²) >= 11 is 0. The molecule has 0 saturated heterocycles. The zero-order valence-corrected chi connectivity index (χ0v) is 11.3. The Kier molecular flexibility index (Phi) is 3.60. The number of carbonyl (C=O) groups excluding carboxylic acids is 1. The third kappa shape index (κ3) is 2.66. The fourth-order valence-corrected chi connectivity index (χ4v) is 2.65. The van der Waals surface area contributed by atoms with Crippen molar-refractivity contribution in [2.75, 3.05) is 12.4 Å². The Morgan fingerprint density at radius 3 is 2.83 bits per heavy atom. The second-order valence-corrected chi connectivity index (χ2v) is 5.65. The quantitative estimate of drug-likeness (QED) is 0.831. The summed E-state index contributed by atoms with van der Waals surface area (Å²) in [5, 5.41) is 3.54. The molecule has 1 saturated carbocycles. The zero-order valence-electron chi connectivity index (χ0n) is 11.3. The van der Waals surface area contributed by atoms with Gasteiger partial charge in [-0.2, -0.15) is 0 Å². The third-order valence-electron chi connectivity index (χ3n) is 3.88. The van der Waals surface area contributed by atoms with Gasteiger partial charge in [-0.05, 0) is 36.5 Å². The van der Waals surface area contributed by atoms with Crippen molar-refractivity contribution in [1.29, 1.82) is 0 Å². The molecule has 0 spiro atoms. The Morgan fingerprint density at radius 1 is 1.44 bits per heavy atom. The molecule has 18 heavy (non-hydrogen) atoms. The largest absolute Gasteiger partial charge is 0.465 e. The lowest BCUT2D eigenvalue weighted by molar-refractivity contribution is 0.0601. The number of methoxy groups -OCH3 is 1. The van der Waals surface area contributed by atoms with Crippen LogP contribution < -0.4 is 5.32 Å². The minimum absolute atomic E-state index is 0.288. The number of esters is 1. The highest BCUT2D eigenvalue weighted by Gasteiger charge is 2.34. The summed E-state index contributed by atoms with van der Waals surface area (Å²) < 4.78 is 4.74. The lowest BCUT2D eigenvalue weighted by Crippen LogP contribution is -2.30. The van der Waals surface area contributed by atoms with Crippen LogP contribution in [0.4, 0.5) is 5.69 Å². The first-order valence-electron chi connectivity index (χ1n) is 6.48. The van der Waals surface area contributed by atoms with E-state index in [1.807, 2.05) is 18.2 Å². The summed E-state index contributed by atoms with van der Waals surface area (Å²) in [5.41, 5.74) is 1.91. The zero-order chi connectivity index (χ0) is 13.2. The van der Waals surface area contributed by atoms with Crippen LogP contribution in [-0.4, -0.2) is 19.1 Å². The molecular formula is C15H21NO2. The number of anilines is 1. The highest BCUT2D eigenvalue weighted by atomic mass is 16.5. The fraction of sp³-hybridized carbons (Fsp3) is 0.533. The van der Waals surface area contributed by atoms with Crippen LogP contribution in [0.25, 0.3) is 0 Å². The number of carbonyl (C=O) groups is 1. The van der Waals surface area contributed by atoms with Gasteiger partial charge in [0.1, 0.15) is 0 Å². The summed E-state index contributed by atoms with van der Waals surface area (Å²) in [5.74, 6) is -0.288. The molecule has 2 rings (SSSR count). The molecule has 1 aromatic rings. The minimum atomic E-state index is -0.288. The van der Waals surface area contributed by atoms with Crippen LogP contribution in [0, 0.1) is 5.41 Å². The van der Waals surface area contributed by atoms with Crippen LogP contribution in [0.5, 0.6) is 0 Å². The number of ether oxygens (including phenoxy) is 1. The Hall–Kier alpha value is -1.51. The molecule has 3 nitrogen and oxygen atoms in total. The van der Waals surface area contributed by atoms with Gasteiger partial charge in [0.05, 0.1) is 12.7 Å². The van der Waals surface area contributed by atoms with Gasteiger partial charge in [-0.15, -0.1) is 0 Å². The molecule has 0 heterocycles. The number of benzene rings is 1. The van der Waals surface area contributed by atoms with Crippen molar-refractivity contribution in [2.24, 2.45) is 5.41 Å². The molecule has 0 bridgehead atoms. The van der Waals surface area contributed by atoms with Crippen molar-refractivity contribution in [3.63, 3.8) is 0 Å². The van der Waals surface area contributed by atoms with Crippen LogP contribution >= 0.6 is 0 Å². The van der Waals surface area contributed by atoms with Crippen molar-refractivity contribution < 1.29 is 9.53 Å². The van der Waals surface area contributed by atoms with Gasteiger partial charge in [0.2, 0.25) is 0 Å². The fourth-order valence-electron chi connectivity index (χ4n) is 2.65. The average Bonchev–Trinajstić information content (AvgIpc) is 2.68. The maximum Gasteiger partial charge on any atom is 0.337 e. The molecule has 1 atom stereocenters. The summed E-state index contributed by atoms with van der Waals surface area (Å²) in [7, 11) is 1.41. The summed E-state index contributed by atoms with van der Waals surface area (Å²) in [4.78, 5) is 11.5. The number of rotatable bonds is 3. The molecule has 1 N–H and O–H groups in total. The third-order valence-corrected chi connectivity index (χ3v) is 3.88. The van der Waals surface area contributed by atoms with Crippen molar-refractivity contribution in [1.82, 2.24) is 0 Å². The average molecular weight is 247 g/mol. The summed E-state index contributed by atoms with van der Waals surface area (Å²) in [6.07, 6.45) is 3.71. The minimum Gasteiger partial charge on any atom is -0.465 e. The van der Waals surface area contributed by atoms with Crippen LogP contribution in [0.3, 0.4) is 0 Å². The number of hydrogen-bond donors (Lipinski definition) is 1. The maximum atomic E-state index is 11.5. The maximum absolute atomic E-state index is 11.5. The Labute approximate surface area is 109 Å². The second kappa shape index (κ2) is 5.01. The van der Waals surface area contributed by atoms with E-state index in [0.717, 1.165) is 5.69 Å². The van der Waals surface area contributed by atoms with Crippen molar-refractivity contribution in [3.05, 3.63) is 29.8 Å². The molecule has 0 aliphatic heterocycles. The molecule has 3 heteroatoms. The molecule has 1 aromatic carbocycles. The van der Waals surface area contributed by atoms with Gasteiger partial charge in [-0.3, -0.25) is 0 Å². The lowest BCUT2D eigenvalue weighted by Gasteiger charge is -2.28. The molecule has 1 aliphatic carbocycles. The molecule has 98 valence electrons. The first-order chi connectivity index (χ1) is 8.53. The van der Waals surface area contributed by atoms with Crippen molar-refractivity contribution in [3.8, 4) is 0 Å². The number of nitrogens with one attached hydrogen (secondary N) is 1. The monoisotopic (exact) mass is 247 g/mol. The van der Waals surface area contributed by atoms with Gasteiger partial charge < -0.3 is 10.1 Å². The predicted molar refractivity (Wildman–Crippen MR) is 72.8 cm³/mol. The van der Waals surface area contributed by atoms with E-state index >= 15 is 0 Å². The van der Waals surface area contributed by atoms with Gasteiger partial charge >= 0.3 is 5.97 Å². The molecule has 0 amide bonds. The van der Waals surface area contributed by atoms with Crippen molar-refractivity contribution in [2.45, 2.75) is 39.2 Å². The number of hydrogen-bond acceptors (Lipinski definition) is 3. The van der Waals surface area contributed by atoms with Crippen LogP contribution in [0.2, 0.25) is 0 Å².